The molecule has 0 amide bonds. The lowest BCUT2D eigenvalue weighted by Crippen LogP contribution is -2.26. The van der Waals surface area contributed by atoms with Crippen molar-refractivity contribution in [3.8, 4) is 0 Å². The number of rotatable bonds is 7. The summed E-state index contributed by atoms with van der Waals surface area (Å²) in [5.74, 6) is 0.914. The molecule has 0 saturated carbocycles. The Kier molecular flexibility index (Phi) is 6.47. The molecule has 2 aromatic carbocycles. The average molecular weight is 443 g/mol. The summed E-state index contributed by atoms with van der Waals surface area (Å²) in [7, 11) is 0. The van der Waals surface area contributed by atoms with Gasteiger partial charge >= 0.3 is 0 Å². The van der Waals surface area contributed by atoms with Gasteiger partial charge in [0.25, 0.3) is 5.56 Å². The van der Waals surface area contributed by atoms with Crippen LogP contribution in [0.3, 0.4) is 0 Å². The Morgan fingerprint density at radius 2 is 1.93 bits per heavy atom. The minimum Gasteiger partial charge on any atom is -0.334 e. The van der Waals surface area contributed by atoms with Gasteiger partial charge in [-0.15, -0.1) is 16.8 Å². The van der Waals surface area contributed by atoms with Crippen LogP contribution >= 0.6 is 27.7 Å². The monoisotopic (exact) mass is 442 g/mol. The van der Waals surface area contributed by atoms with Crippen LogP contribution in [0.2, 0.25) is 0 Å². The first kappa shape index (κ1) is 19.4. The molecule has 138 valence electrons. The third-order valence-corrected chi connectivity index (χ3v) is 5.50. The van der Waals surface area contributed by atoms with Gasteiger partial charge in [0.1, 0.15) is 0 Å². The molecule has 27 heavy (non-hydrogen) atoms. The predicted octanol–water partition coefficient (Wildman–Crippen LogP) is 4.93. The second kappa shape index (κ2) is 9.01. The number of aromatic nitrogens is 3. The number of hydrogen-bond donors (Lipinski definition) is 1. The summed E-state index contributed by atoms with van der Waals surface area (Å²) in [5.41, 5.74) is 2.97. The predicted molar refractivity (Wildman–Crippen MR) is 115 cm³/mol. The van der Waals surface area contributed by atoms with Crippen LogP contribution in [-0.4, -0.2) is 14.8 Å². The normalized spacial score (nSPS) is 10.6. The van der Waals surface area contributed by atoms with Crippen molar-refractivity contribution in [1.29, 1.82) is 0 Å². The van der Waals surface area contributed by atoms with Gasteiger partial charge < -0.3 is 5.32 Å². The van der Waals surface area contributed by atoms with E-state index in [0.717, 1.165) is 15.9 Å². The van der Waals surface area contributed by atoms with Crippen molar-refractivity contribution in [2.75, 3.05) is 5.32 Å². The lowest BCUT2D eigenvalue weighted by molar-refractivity contribution is 0.626. The summed E-state index contributed by atoms with van der Waals surface area (Å²) in [4.78, 5) is 12.9. The van der Waals surface area contributed by atoms with Gasteiger partial charge in [-0.2, -0.15) is 0 Å². The van der Waals surface area contributed by atoms with Gasteiger partial charge in [-0.25, -0.2) is 0 Å². The second-order valence-corrected chi connectivity index (χ2v) is 7.74. The van der Waals surface area contributed by atoms with E-state index in [1.165, 1.54) is 22.9 Å². The lowest BCUT2D eigenvalue weighted by atomic mass is 10.1. The number of halogens is 1. The first-order valence-electron chi connectivity index (χ1n) is 8.37. The van der Waals surface area contributed by atoms with Gasteiger partial charge in [0, 0.05) is 22.5 Å². The van der Waals surface area contributed by atoms with E-state index in [4.69, 9.17) is 0 Å². The molecule has 0 aliphatic heterocycles. The van der Waals surface area contributed by atoms with Crippen LogP contribution in [0.5, 0.6) is 0 Å². The highest BCUT2D eigenvalue weighted by Crippen LogP contribution is 2.22. The van der Waals surface area contributed by atoms with Crippen molar-refractivity contribution in [2.24, 2.45) is 0 Å². The first-order chi connectivity index (χ1) is 13.1. The molecule has 0 spiro atoms. The Balaban J connectivity index is 1.85. The number of nitrogens with one attached hydrogen (secondary N) is 1. The maximum absolute atomic E-state index is 12.9. The third-order valence-electron chi connectivity index (χ3n) is 3.95. The Labute approximate surface area is 170 Å². The van der Waals surface area contributed by atoms with Gasteiger partial charge in [0.05, 0.1) is 0 Å². The number of thioether (sulfide) groups is 1. The zero-order valence-electron chi connectivity index (χ0n) is 14.9. The fourth-order valence-electron chi connectivity index (χ4n) is 2.46. The number of nitrogens with zero attached hydrogens (tertiary/aromatic N) is 3. The van der Waals surface area contributed by atoms with Crippen LogP contribution in [-0.2, 0) is 12.3 Å². The number of allylic oxidation sites excluding steroid dienone is 1. The molecule has 0 unspecified atom stereocenters. The topological polar surface area (TPSA) is 59.8 Å². The molecule has 1 heterocycles. The van der Waals surface area contributed by atoms with Crippen LogP contribution in [0.1, 0.15) is 11.1 Å². The van der Waals surface area contributed by atoms with Gasteiger partial charge in [0.2, 0.25) is 5.82 Å². The molecule has 5 nitrogen and oxygen atoms in total. The molecular formula is C20H19BrN4OS. The highest BCUT2D eigenvalue weighted by atomic mass is 79.9. The Morgan fingerprint density at radius 3 is 2.63 bits per heavy atom. The van der Waals surface area contributed by atoms with Crippen molar-refractivity contribution >= 4 is 39.2 Å². The minimum absolute atomic E-state index is 0.194. The molecule has 3 rings (SSSR count). The van der Waals surface area contributed by atoms with Crippen LogP contribution in [0.15, 0.2) is 75.6 Å². The number of hydrogen-bond acceptors (Lipinski definition) is 5. The maximum atomic E-state index is 12.9. The average Bonchev–Trinajstić information content (AvgIpc) is 2.67. The molecular weight excluding hydrogens is 424 g/mol. The number of benzene rings is 2. The van der Waals surface area contributed by atoms with Crippen LogP contribution in [0.25, 0.3) is 0 Å². The number of anilines is 2. The summed E-state index contributed by atoms with van der Waals surface area (Å²) in [6.45, 7) is 6.20. The molecule has 0 radical (unpaired) electrons. The van der Waals surface area contributed by atoms with Crippen LogP contribution in [0.4, 0.5) is 11.5 Å². The van der Waals surface area contributed by atoms with E-state index in [2.05, 4.69) is 57.1 Å². The molecule has 0 saturated heterocycles. The summed E-state index contributed by atoms with van der Waals surface area (Å²) >= 11 is 4.89. The summed E-state index contributed by atoms with van der Waals surface area (Å²) < 4.78 is 2.55. The molecule has 3 aromatic rings. The SMILES string of the molecule is C=CCn1c(SCc2ccccc2C)nnc(Nc2ccc(Br)cc2)c1=O. The summed E-state index contributed by atoms with van der Waals surface area (Å²) in [6, 6.07) is 15.7. The molecule has 0 atom stereocenters. The maximum Gasteiger partial charge on any atom is 0.297 e. The quantitative estimate of drug-likeness (QED) is 0.415. The van der Waals surface area contributed by atoms with E-state index in [1.54, 1.807) is 10.6 Å². The fraction of sp³-hybridized carbons (Fsp3) is 0.150. The number of aryl methyl sites for hydroxylation is 1. The lowest BCUT2D eigenvalue weighted by Gasteiger charge is -2.12. The fourth-order valence-corrected chi connectivity index (χ4v) is 3.75. The van der Waals surface area contributed by atoms with E-state index in [-0.39, 0.29) is 11.4 Å². The van der Waals surface area contributed by atoms with Crippen molar-refractivity contribution in [2.45, 2.75) is 24.4 Å². The zero-order chi connectivity index (χ0) is 19.2. The largest absolute Gasteiger partial charge is 0.334 e. The summed E-state index contributed by atoms with van der Waals surface area (Å²) in [6.07, 6.45) is 1.68. The van der Waals surface area contributed by atoms with Crippen molar-refractivity contribution < 1.29 is 0 Å². The molecule has 0 aliphatic rings. The molecule has 0 fully saturated rings. The first-order valence-corrected chi connectivity index (χ1v) is 10.1. The molecule has 0 aliphatic carbocycles. The zero-order valence-corrected chi connectivity index (χ0v) is 17.3. The van der Waals surface area contributed by atoms with Gasteiger partial charge in [-0.05, 0) is 42.3 Å². The van der Waals surface area contributed by atoms with Crippen molar-refractivity contribution in [3.63, 3.8) is 0 Å². The molecule has 7 heteroatoms. The Hall–Kier alpha value is -2.38. The highest BCUT2D eigenvalue weighted by molar-refractivity contribution is 9.10. The summed E-state index contributed by atoms with van der Waals surface area (Å²) in [5, 5.41) is 12.0. The minimum atomic E-state index is -0.222. The van der Waals surface area contributed by atoms with E-state index < -0.39 is 0 Å². The Morgan fingerprint density at radius 1 is 1.19 bits per heavy atom. The standard InChI is InChI=1S/C20H19BrN4OS/c1-3-12-25-19(26)18(22-17-10-8-16(21)9-11-17)23-24-20(25)27-13-15-7-5-4-6-14(15)2/h3-11H,1,12-13H2,2H3,(H,22,23). The van der Waals surface area contributed by atoms with Crippen molar-refractivity contribution in [1.82, 2.24) is 14.8 Å². The van der Waals surface area contributed by atoms with E-state index in [1.807, 2.05) is 36.4 Å². The van der Waals surface area contributed by atoms with E-state index >= 15 is 0 Å². The second-order valence-electron chi connectivity index (χ2n) is 5.88. The van der Waals surface area contributed by atoms with Gasteiger partial charge in [-0.1, -0.05) is 58.0 Å². The van der Waals surface area contributed by atoms with Gasteiger partial charge in [-0.3, -0.25) is 9.36 Å². The highest BCUT2D eigenvalue weighted by Gasteiger charge is 2.13. The third kappa shape index (κ3) is 4.87. The van der Waals surface area contributed by atoms with E-state index in [9.17, 15) is 4.79 Å². The Bertz CT molecular complexity index is 1000. The molecule has 1 N–H and O–H groups in total. The van der Waals surface area contributed by atoms with Gasteiger partial charge in [0.15, 0.2) is 5.16 Å². The van der Waals surface area contributed by atoms with E-state index in [0.29, 0.717) is 11.7 Å². The van der Waals surface area contributed by atoms with Crippen LogP contribution < -0.4 is 10.9 Å². The molecule has 1 aromatic heterocycles. The smallest absolute Gasteiger partial charge is 0.297 e. The van der Waals surface area contributed by atoms with Crippen molar-refractivity contribution in [3.05, 3.63) is 87.1 Å². The van der Waals surface area contributed by atoms with Crippen LogP contribution in [0, 0.1) is 6.92 Å². The molecule has 0 bridgehead atoms.